The van der Waals surface area contributed by atoms with E-state index in [4.69, 9.17) is 5.53 Å². The predicted molar refractivity (Wildman–Crippen MR) is 43.5 cm³/mol. The Balaban J connectivity index is 3.50. The molecule has 0 spiro atoms. The van der Waals surface area contributed by atoms with Crippen LogP contribution in [0.5, 0.6) is 0 Å². The van der Waals surface area contributed by atoms with Crippen LogP contribution in [0.1, 0.15) is 12.8 Å². The van der Waals surface area contributed by atoms with Crippen molar-refractivity contribution in [3.05, 3.63) is 22.6 Å². The van der Waals surface area contributed by atoms with Crippen LogP contribution in [-0.4, -0.2) is 18.6 Å². The standard InChI is InChI=1S/C7H9N3O2/c8-10-9-5-1-3-7(12)4-2-6-11/h2,4,6H,1,3,5H2. The Kier molecular flexibility index (Phi) is 6.49. The molecule has 12 heavy (non-hydrogen) atoms. The third-order valence-corrected chi connectivity index (χ3v) is 1.11. The summed E-state index contributed by atoms with van der Waals surface area (Å²) in [5.74, 6) is -0.129. The SMILES string of the molecule is [N-]=[N+]=NCCCC(=O)C=CC=O. The monoisotopic (exact) mass is 167 g/mol. The van der Waals surface area contributed by atoms with Crippen LogP contribution in [0.25, 0.3) is 10.4 Å². The lowest BCUT2D eigenvalue weighted by molar-refractivity contribution is -0.115. The second kappa shape index (κ2) is 7.50. The van der Waals surface area contributed by atoms with Crippen LogP contribution in [0.2, 0.25) is 0 Å². The summed E-state index contributed by atoms with van der Waals surface area (Å²) < 4.78 is 0. The van der Waals surface area contributed by atoms with Crippen LogP contribution < -0.4 is 0 Å². The predicted octanol–water partition coefficient (Wildman–Crippen LogP) is 1.40. The first-order valence-electron chi connectivity index (χ1n) is 3.46. The number of allylic oxidation sites excluding steroid dienone is 2. The second-order valence-corrected chi connectivity index (χ2v) is 2.02. The molecule has 0 aromatic rings. The second-order valence-electron chi connectivity index (χ2n) is 2.02. The molecule has 0 fully saturated rings. The minimum Gasteiger partial charge on any atom is -0.299 e. The molecule has 5 heteroatoms. The number of aldehydes is 1. The molecule has 0 radical (unpaired) electrons. The maximum atomic E-state index is 10.8. The summed E-state index contributed by atoms with van der Waals surface area (Å²) in [4.78, 5) is 23.1. The molecule has 0 aliphatic heterocycles. The van der Waals surface area contributed by atoms with Gasteiger partial charge in [-0.15, -0.1) is 0 Å². The van der Waals surface area contributed by atoms with Crippen molar-refractivity contribution in [2.45, 2.75) is 12.8 Å². The summed E-state index contributed by atoms with van der Waals surface area (Å²) in [6, 6.07) is 0. The van der Waals surface area contributed by atoms with Crippen molar-refractivity contribution in [2.75, 3.05) is 6.54 Å². The van der Waals surface area contributed by atoms with E-state index in [1.807, 2.05) is 0 Å². The van der Waals surface area contributed by atoms with Crippen molar-refractivity contribution in [3.63, 3.8) is 0 Å². The molecular formula is C7H9N3O2. The molecule has 5 nitrogen and oxygen atoms in total. The molecule has 0 aliphatic rings. The minimum absolute atomic E-state index is 0.129. The molecule has 0 amide bonds. The quantitative estimate of drug-likeness (QED) is 0.149. The molecule has 0 saturated heterocycles. The summed E-state index contributed by atoms with van der Waals surface area (Å²) in [6.07, 6.45) is 3.74. The molecule has 0 bridgehead atoms. The van der Waals surface area contributed by atoms with Gasteiger partial charge in [-0.1, -0.05) is 5.11 Å². The van der Waals surface area contributed by atoms with E-state index in [2.05, 4.69) is 10.0 Å². The number of nitrogens with zero attached hydrogens (tertiary/aromatic N) is 3. The van der Waals surface area contributed by atoms with E-state index in [-0.39, 0.29) is 5.78 Å². The van der Waals surface area contributed by atoms with Gasteiger partial charge in [0.15, 0.2) is 5.78 Å². The van der Waals surface area contributed by atoms with Gasteiger partial charge in [-0.3, -0.25) is 9.59 Å². The van der Waals surface area contributed by atoms with Gasteiger partial charge in [0.25, 0.3) is 0 Å². The average molecular weight is 167 g/mol. The number of carbonyl (C=O) groups excluding carboxylic acids is 2. The number of hydrogen-bond acceptors (Lipinski definition) is 3. The maximum absolute atomic E-state index is 10.8. The molecule has 0 rings (SSSR count). The van der Waals surface area contributed by atoms with Crippen molar-refractivity contribution < 1.29 is 9.59 Å². The lowest BCUT2D eigenvalue weighted by Gasteiger charge is -1.89. The van der Waals surface area contributed by atoms with Gasteiger partial charge in [-0.2, -0.15) is 0 Å². The molecule has 0 atom stereocenters. The lowest BCUT2D eigenvalue weighted by Crippen LogP contribution is -1.93. The first-order chi connectivity index (χ1) is 5.81. The summed E-state index contributed by atoms with van der Waals surface area (Å²) in [5, 5.41) is 3.26. The smallest absolute Gasteiger partial charge is 0.155 e. The number of hydrogen-bond donors (Lipinski definition) is 0. The van der Waals surface area contributed by atoms with Gasteiger partial charge in [-0.25, -0.2) is 0 Å². The third kappa shape index (κ3) is 6.51. The highest BCUT2D eigenvalue weighted by Gasteiger charge is 1.94. The Labute approximate surface area is 69.7 Å². The Morgan fingerprint density at radius 3 is 2.92 bits per heavy atom. The lowest BCUT2D eigenvalue weighted by atomic mass is 10.2. The van der Waals surface area contributed by atoms with Crippen LogP contribution in [0.15, 0.2) is 17.3 Å². The number of rotatable bonds is 6. The zero-order valence-corrected chi connectivity index (χ0v) is 6.51. The summed E-state index contributed by atoms with van der Waals surface area (Å²) in [6.45, 7) is 0.317. The van der Waals surface area contributed by atoms with Gasteiger partial charge in [0, 0.05) is 17.9 Å². The van der Waals surface area contributed by atoms with E-state index in [0.29, 0.717) is 25.7 Å². The first-order valence-corrected chi connectivity index (χ1v) is 3.46. The summed E-state index contributed by atoms with van der Waals surface area (Å²) in [5.41, 5.74) is 7.89. The highest BCUT2D eigenvalue weighted by atomic mass is 16.1. The van der Waals surface area contributed by atoms with E-state index in [1.165, 1.54) is 6.08 Å². The van der Waals surface area contributed by atoms with Crippen LogP contribution >= 0.6 is 0 Å². The van der Waals surface area contributed by atoms with Crippen LogP contribution in [0, 0.1) is 0 Å². The fourth-order valence-electron chi connectivity index (χ4n) is 0.599. The van der Waals surface area contributed by atoms with Crippen molar-refractivity contribution >= 4 is 12.1 Å². The fourth-order valence-corrected chi connectivity index (χ4v) is 0.599. The van der Waals surface area contributed by atoms with Crippen molar-refractivity contribution in [2.24, 2.45) is 5.11 Å². The van der Waals surface area contributed by atoms with E-state index < -0.39 is 0 Å². The Hall–Kier alpha value is -1.61. The fraction of sp³-hybridized carbons (Fsp3) is 0.429. The van der Waals surface area contributed by atoms with E-state index in [1.54, 1.807) is 0 Å². The third-order valence-electron chi connectivity index (χ3n) is 1.11. The number of azide groups is 1. The van der Waals surface area contributed by atoms with Crippen LogP contribution in [0.3, 0.4) is 0 Å². The van der Waals surface area contributed by atoms with E-state index in [9.17, 15) is 9.59 Å². The Morgan fingerprint density at radius 2 is 2.33 bits per heavy atom. The molecule has 64 valence electrons. The molecule has 0 N–H and O–H groups in total. The zero-order chi connectivity index (χ0) is 9.23. The molecule has 0 aromatic heterocycles. The van der Waals surface area contributed by atoms with Crippen molar-refractivity contribution in [1.29, 1.82) is 0 Å². The Bertz CT molecular complexity index is 229. The molecule has 0 aliphatic carbocycles. The molecular weight excluding hydrogens is 158 g/mol. The molecule has 0 aromatic carbocycles. The van der Waals surface area contributed by atoms with Crippen molar-refractivity contribution in [1.82, 2.24) is 0 Å². The largest absolute Gasteiger partial charge is 0.299 e. The molecule has 0 saturated carbocycles. The number of ketones is 1. The van der Waals surface area contributed by atoms with Gasteiger partial charge in [0.1, 0.15) is 6.29 Å². The first kappa shape index (κ1) is 10.4. The molecule has 0 unspecified atom stereocenters. The van der Waals surface area contributed by atoms with Gasteiger partial charge in [0.05, 0.1) is 0 Å². The van der Waals surface area contributed by atoms with Crippen LogP contribution in [-0.2, 0) is 9.59 Å². The summed E-state index contributed by atoms with van der Waals surface area (Å²) in [7, 11) is 0. The highest BCUT2D eigenvalue weighted by molar-refractivity contribution is 5.92. The van der Waals surface area contributed by atoms with Gasteiger partial charge in [-0.05, 0) is 24.1 Å². The maximum Gasteiger partial charge on any atom is 0.155 e. The zero-order valence-electron chi connectivity index (χ0n) is 6.51. The minimum atomic E-state index is -0.129. The highest BCUT2D eigenvalue weighted by Crippen LogP contribution is 1.92. The van der Waals surface area contributed by atoms with E-state index >= 15 is 0 Å². The van der Waals surface area contributed by atoms with Gasteiger partial charge >= 0.3 is 0 Å². The Morgan fingerprint density at radius 1 is 1.58 bits per heavy atom. The van der Waals surface area contributed by atoms with E-state index in [0.717, 1.165) is 6.08 Å². The molecule has 0 heterocycles. The average Bonchev–Trinajstić information content (AvgIpc) is 2.09. The number of carbonyl (C=O) groups is 2. The summed E-state index contributed by atoms with van der Waals surface area (Å²) >= 11 is 0. The van der Waals surface area contributed by atoms with Gasteiger partial charge < -0.3 is 0 Å². The normalized spacial score (nSPS) is 9.33. The van der Waals surface area contributed by atoms with Crippen molar-refractivity contribution in [3.8, 4) is 0 Å². The van der Waals surface area contributed by atoms with Gasteiger partial charge in [0.2, 0.25) is 0 Å². The topological polar surface area (TPSA) is 82.9 Å². The van der Waals surface area contributed by atoms with Crippen LogP contribution in [0.4, 0.5) is 0 Å².